The molecular formula is C17H29N. The summed E-state index contributed by atoms with van der Waals surface area (Å²) < 4.78 is 0. The molecular weight excluding hydrogens is 218 g/mol. The first-order valence-electron chi connectivity index (χ1n) is 8.34. The highest BCUT2D eigenvalue weighted by Gasteiger charge is 2.51. The Morgan fingerprint density at radius 2 is 1.50 bits per heavy atom. The normalized spacial score (nSPS) is 49.3. The maximum Gasteiger partial charge on any atom is 0.0154 e. The van der Waals surface area contributed by atoms with Crippen molar-refractivity contribution in [3.8, 4) is 0 Å². The third-order valence-corrected chi connectivity index (χ3v) is 6.87. The van der Waals surface area contributed by atoms with E-state index in [1.165, 1.54) is 25.7 Å². The van der Waals surface area contributed by atoms with Crippen LogP contribution in [0.2, 0.25) is 0 Å². The smallest absolute Gasteiger partial charge is 0.0154 e. The summed E-state index contributed by atoms with van der Waals surface area (Å²) in [5.41, 5.74) is 7.45. The van der Waals surface area contributed by atoms with Gasteiger partial charge in [-0.25, -0.2) is 0 Å². The van der Waals surface area contributed by atoms with Crippen molar-refractivity contribution in [2.24, 2.45) is 34.8 Å². The topological polar surface area (TPSA) is 26.0 Å². The third kappa shape index (κ3) is 1.94. The van der Waals surface area contributed by atoms with Crippen LogP contribution in [-0.4, -0.2) is 5.54 Å². The Bertz CT molecular complexity index is 304. The van der Waals surface area contributed by atoms with Gasteiger partial charge < -0.3 is 5.73 Å². The highest BCUT2D eigenvalue weighted by atomic mass is 14.8. The summed E-state index contributed by atoms with van der Waals surface area (Å²) >= 11 is 0. The SMILES string of the molecule is CC(N)(CCC12CC3CC(CC(C3)C1)C2)C1CC1. The third-order valence-electron chi connectivity index (χ3n) is 6.87. The second kappa shape index (κ2) is 3.75. The van der Waals surface area contributed by atoms with Gasteiger partial charge in [-0.1, -0.05) is 0 Å². The zero-order chi connectivity index (χ0) is 12.4. The molecule has 5 aliphatic rings. The van der Waals surface area contributed by atoms with Gasteiger partial charge in [-0.05, 0) is 100 Å². The first kappa shape index (κ1) is 11.8. The number of rotatable bonds is 4. The maximum absolute atomic E-state index is 6.55. The van der Waals surface area contributed by atoms with Crippen LogP contribution in [0.4, 0.5) is 0 Å². The molecule has 1 unspecified atom stereocenters. The second-order valence-corrected chi connectivity index (χ2v) is 8.70. The maximum atomic E-state index is 6.55. The molecule has 1 heteroatoms. The van der Waals surface area contributed by atoms with Crippen LogP contribution >= 0.6 is 0 Å². The molecule has 0 aromatic carbocycles. The van der Waals surface area contributed by atoms with Crippen LogP contribution in [0.15, 0.2) is 0 Å². The standard InChI is InChI=1S/C17H29N/c1-16(18,15-2-3-15)4-5-17-9-12-6-13(10-17)8-14(7-12)11-17/h12-15H,2-11,18H2,1H3. The van der Waals surface area contributed by atoms with E-state index in [0.29, 0.717) is 0 Å². The molecule has 5 fully saturated rings. The summed E-state index contributed by atoms with van der Waals surface area (Å²) in [6, 6.07) is 0. The monoisotopic (exact) mass is 247 g/mol. The fourth-order valence-electron chi connectivity index (χ4n) is 6.08. The van der Waals surface area contributed by atoms with E-state index in [9.17, 15) is 0 Å². The first-order chi connectivity index (χ1) is 8.55. The van der Waals surface area contributed by atoms with Gasteiger partial charge in [0.05, 0.1) is 0 Å². The molecule has 0 heterocycles. The molecule has 5 rings (SSSR count). The Morgan fingerprint density at radius 3 is 1.94 bits per heavy atom. The fraction of sp³-hybridized carbons (Fsp3) is 1.00. The van der Waals surface area contributed by atoms with Crippen molar-refractivity contribution in [2.75, 3.05) is 0 Å². The van der Waals surface area contributed by atoms with Gasteiger partial charge in [0.2, 0.25) is 0 Å². The summed E-state index contributed by atoms with van der Waals surface area (Å²) in [6.45, 7) is 2.32. The molecule has 102 valence electrons. The van der Waals surface area contributed by atoms with Crippen LogP contribution in [-0.2, 0) is 0 Å². The van der Waals surface area contributed by atoms with Crippen LogP contribution < -0.4 is 5.73 Å². The average molecular weight is 247 g/mol. The van der Waals surface area contributed by atoms with Crippen LogP contribution in [0, 0.1) is 29.1 Å². The lowest BCUT2D eigenvalue weighted by molar-refractivity contribution is -0.0608. The predicted molar refractivity (Wildman–Crippen MR) is 75.2 cm³/mol. The lowest BCUT2D eigenvalue weighted by Crippen LogP contribution is -2.48. The van der Waals surface area contributed by atoms with E-state index in [2.05, 4.69) is 6.92 Å². The van der Waals surface area contributed by atoms with E-state index >= 15 is 0 Å². The van der Waals surface area contributed by atoms with Crippen molar-refractivity contribution < 1.29 is 0 Å². The van der Waals surface area contributed by atoms with E-state index in [0.717, 1.165) is 29.1 Å². The average Bonchev–Trinajstić information content (AvgIpc) is 3.08. The van der Waals surface area contributed by atoms with E-state index in [-0.39, 0.29) is 5.54 Å². The lowest BCUT2D eigenvalue weighted by Gasteiger charge is -2.57. The van der Waals surface area contributed by atoms with Gasteiger partial charge in [0.1, 0.15) is 0 Å². The Kier molecular flexibility index (Phi) is 2.45. The molecule has 0 aromatic heterocycles. The van der Waals surface area contributed by atoms with Crippen LogP contribution in [0.1, 0.15) is 71.1 Å². The molecule has 5 aliphatic carbocycles. The number of hydrogen-bond donors (Lipinski definition) is 1. The van der Waals surface area contributed by atoms with Crippen LogP contribution in [0.25, 0.3) is 0 Å². The Labute approximate surface area is 112 Å². The Morgan fingerprint density at radius 1 is 1.00 bits per heavy atom. The molecule has 0 aromatic rings. The number of nitrogens with two attached hydrogens (primary N) is 1. The zero-order valence-corrected chi connectivity index (χ0v) is 12.0. The van der Waals surface area contributed by atoms with Gasteiger partial charge in [-0.3, -0.25) is 0 Å². The minimum Gasteiger partial charge on any atom is -0.325 e. The number of hydrogen-bond acceptors (Lipinski definition) is 1. The van der Waals surface area contributed by atoms with Gasteiger partial charge in [-0.2, -0.15) is 0 Å². The summed E-state index contributed by atoms with van der Waals surface area (Å²) in [5, 5.41) is 0. The van der Waals surface area contributed by atoms with Crippen LogP contribution in [0.3, 0.4) is 0 Å². The van der Waals surface area contributed by atoms with Crippen LogP contribution in [0.5, 0.6) is 0 Å². The van der Waals surface area contributed by atoms with E-state index in [1.54, 1.807) is 38.5 Å². The van der Waals surface area contributed by atoms with E-state index < -0.39 is 0 Å². The van der Waals surface area contributed by atoms with Crippen molar-refractivity contribution in [3.05, 3.63) is 0 Å². The largest absolute Gasteiger partial charge is 0.325 e. The van der Waals surface area contributed by atoms with Crippen molar-refractivity contribution in [1.82, 2.24) is 0 Å². The van der Waals surface area contributed by atoms with Gasteiger partial charge in [-0.15, -0.1) is 0 Å². The van der Waals surface area contributed by atoms with Gasteiger partial charge in [0, 0.05) is 5.54 Å². The molecule has 0 radical (unpaired) electrons. The first-order valence-corrected chi connectivity index (χ1v) is 8.34. The molecule has 0 aliphatic heterocycles. The molecule has 0 saturated heterocycles. The van der Waals surface area contributed by atoms with Crippen molar-refractivity contribution in [2.45, 2.75) is 76.7 Å². The Hall–Kier alpha value is -0.0400. The minimum atomic E-state index is 0.156. The van der Waals surface area contributed by atoms with Gasteiger partial charge in [0.25, 0.3) is 0 Å². The van der Waals surface area contributed by atoms with Gasteiger partial charge in [0.15, 0.2) is 0 Å². The lowest BCUT2D eigenvalue weighted by atomic mass is 9.48. The molecule has 0 spiro atoms. The predicted octanol–water partition coefficient (Wildman–Crippen LogP) is 4.11. The molecule has 2 N–H and O–H groups in total. The molecule has 0 amide bonds. The molecule has 1 atom stereocenters. The van der Waals surface area contributed by atoms with E-state index in [4.69, 9.17) is 5.73 Å². The molecule has 1 nitrogen and oxygen atoms in total. The second-order valence-electron chi connectivity index (χ2n) is 8.70. The van der Waals surface area contributed by atoms with Crippen molar-refractivity contribution >= 4 is 0 Å². The highest BCUT2D eigenvalue weighted by Crippen LogP contribution is 2.62. The van der Waals surface area contributed by atoms with E-state index in [1.807, 2.05) is 0 Å². The van der Waals surface area contributed by atoms with Crippen molar-refractivity contribution in [3.63, 3.8) is 0 Å². The summed E-state index contributed by atoms with van der Waals surface area (Å²) in [5.74, 6) is 4.15. The minimum absolute atomic E-state index is 0.156. The quantitative estimate of drug-likeness (QED) is 0.795. The fourth-order valence-corrected chi connectivity index (χ4v) is 6.08. The molecule has 5 saturated carbocycles. The highest BCUT2D eigenvalue weighted by molar-refractivity contribution is 5.03. The Balaban J connectivity index is 1.44. The molecule has 4 bridgehead atoms. The summed E-state index contributed by atoms with van der Waals surface area (Å²) in [6.07, 6.45) is 14.9. The van der Waals surface area contributed by atoms with Crippen molar-refractivity contribution in [1.29, 1.82) is 0 Å². The molecule has 18 heavy (non-hydrogen) atoms. The summed E-state index contributed by atoms with van der Waals surface area (Å²) in [7, 11) is 0. The summed E-state index contributed by atoms with van der Waals surface area (Å²) in [4.78, 5) is 0. The van der Waals surface area contributed by atoms with Gasteiger partial charge >= 0.3 is 0 Å². The zero-order valence-electron chi connectivity index (χ0n) is 12.0.